The molecule has 26 heavy (non-hydrogen) atoms. The summed E-state index contributed by atoms with van der Waals surface area (Å²) in [6.07, 6.45) is 7.54. The number of nitrogens with zero attached hydrogens (tertiary/aromatic N) is 3. The summed E-state index contributed by atoms with van der Waals surface area (Å²) in [5.74, 6) is 1.46. The van der Waals surface area contributed by atoms with Gasteiger partial charge in [0.2, 0.25) is 11.0 Å². The number of thioether (sulfide) groups is 1. The zero-order valence-electron chi connectivity index (χ0n) is 14.8. The van der Waals surface area contributed by atoms with E-state index in [0.29, 0.717) is 11.8 Å². The molecular weight excluding hydrogens is 364 g/mol. The van der Waals surface area contributed by atoms with Crippen LogP contribution < -0.4 is 5.32 Å². The first-order chi connectivity index (χ1) is 12.8. The number of anilines is 2. The zero-order chi connectivity index (χ0) is 17.8. The number of rotatable bonds is 5. The van der Waals surface area contributed by atoms with E-state index in [1.807, 2.05) is 30.3 Å². The Labute approximate surface area is 162 Å². The molecule has 2 heterocycles. The highest BCUT2D eigenvalue weighted by Gasteiger charge is 2.35. The lowest BCUT2D eigenvalue weighted by Gasteiger charge is -2.44. The normalized spacial score (nSPS) is 22.7. The minimum Gasteiger partial charge on any atom is -0.339 e. The summed E-state index contributed by atoms with van der Waals surface area (Å²) < 4.78 is 0.842. The van der Waals surface area contributed by atoms with Gasteiger partial charge in [-0.2, -0.15) is 0 Å². The van der Waals surface area contributed by atoms with Crippen molar-refractivity contribution in [3.05, 3.63) is 30.3 Å². The SMILES string of the molecule is O=C(CSc1nnc(Nc2ccccc2)s1)N1CCC[C@@H]2CCCC[C@@H]21. The number of carbonyl (C=O) groups is 1. The fraction of sp³-hybridized carbons (Fsp3) is 0.526. The van der Waals surface area contributed by atoms with Gasteiger partial charge in [-0.05, 0) is 43.7 Å². The van der Waals surface area contributed by atoms with Crippen molar-refractivity contribution in [2.75, 3.05) is 17.6 Å². The number of hydrogen-bond acceptors (Lipinski definition) is 6. The molecule has 7 heteroatoms. The largest absolute Gasteiger partial charge is 0.339 e. The van der Waals surface area contributed by atoms with Gasteiger partial charge in [0.1, 0.15) is 0 Å². The first-order valence-corrected chi connectivity index (χ1v) is 11.2. The standard InChI is InChI=1S/C19H24N4OS2/c24-17(23-12-6-8-14-7-4-5-11-16(14)23)13-25-19-22-21-18(26-19)20-15-9-2-1-3-10-15/h1-3,9-10,14,16H,4-8,11-13H2,(H,20,21)/t14-,16-/m0/s1. The van der Waals surface area contributed by atoms with Gasteiger partial charge in [-0.3, -0.25) is 4.79 Å². The van der Waals surface area contributed by atoms with Crippen molar-refractivity contribution in [3.63, 3.8) is 0 Å². The van der Waals surface area contributed by atoms with E-state index in [9.17, 15) is 4.79 Å². The summed E-state index contributed by atoms with van der Waals surface area (Å²) in [4.78, 5) is 14.9. The van der Waals surface area contributed by atoms with Gasteiger partial charge in [0.05, 0.1) is 5.75 Å². The maximum absolute atomic E-state index is 12.8. The molecule has 1 aliphatic heterocycles. The zero-order valence-corrected chi connectivity index (χ0v) is 16.4. The molecule has 1 amide bonds. The second-order valence-corrected chi connectivity index (χ2v) is 9.19. The molecule has 2 aliphatic rings. The van der Waals surface area contributed by atoms with Crippen LogP contribution >= 0.6 is 23.1 Å². The minimum absolute atomic E-state index is 0.263. The lowest BCUT2D eigenvalue weighted by molar-refractivity contribution is -0.134. The molecule has 2 aromatic rings. The molecule has 1 saturated carbocycles. The summed E-state index contributed by atoms with van der Waals surface area (Å²) in [6.45, 7) is 0.928. The van der Waals surface area contributed by atoms with Crippen molar-refractivity contribution >= 4 is 39.8 Å². The molecule has 2 fully saturated rings. The van der Waals surface area contributed by atoms with Gasteiger partial charge in [-0.15, -0.1) is 10.2 Å². The Morgan fingerprint density at radius 2 is 1.96 bits per heavy atom. The first kappa shape index (κ1) is 17.8. The van der Waals surface area contributed by atoms with Crippen LogP contribution in [0.5, 0.6) is 0 Å². The van der Waals surface area contributed by atoms with Crippen LogP contribution in [0.4, 0.5) is 10.8 Å². The lowest BCUT2D eigenvalue weighted by atomic mass is 9.78. The van der Waals surface area contributed by atoms with Crippen molar-refractivity contribution in [3.8, 4) is 0 Å². The van der Waals surface area contributed by atoms with E-state index in [0.717, 1.165) is 34.0 Å². The lowest BCUT2D eigenvalue weighted by Crippen LogP contribution is -2.50. The van der Waals surface area contributed by atoms with Crippen LogP contribution in [0.15, 0.2) is 34.7 Å². The van der Waals surface area contributed by atoms with E-state index < -0.39 is 0 Å². The van der Waals surface area contributed by atoms with E-state index in [1.165, 1.54) is 55.2 Å². The average Bonchev–Trinajstić information content (AvgIpc) is 3.14. The van der Waals surface area contributed by atoms with Gasteiger partial charge in [-0.1, -0.05) is 54.1 Å². The number of carbonyl (C=O) groups excluding carboxylic acids is 1. The van der Waals surface area contributed by atoms with Crippen LogP contribution in [0.1, 0.15) is 38.5 Å². The number of piperidine rings is 1. The predicted octanol–water partition coefficient (Wildman–Crippen LogP) is 4.56. The van der Waals surface area contributed by atoms with Crippen molar-refractivity contribution in [1.82, 2.24) is 15.1 Å². The summed E-state index contributed by atoms with van der Waals surface area (Å²) in [6, 6.07) is 10.4. The van der Waals surface area contributed by atoms with E-state index in [4.69, 9.17) is 0 Å². The second-order valence-electron chi connectivity index (χ2n) is 6.99. The molecule has 0 spiro atoms. The Morgan fingerprint density at radius 1 is 1.15 bits per heavy atom. The highest BCUT2D eigenvalue weighted by Crippen LogP contribution is 2.36. The number of likely N-dealkylation sites (tertiary alicyclic amines) is 1. The number of benzene rings is 1. The van der Waals surface area contributed by atoms with E-state index in [1.54, 1.807) is 0 Å². The molecule has 1 aliphatic carbocycles. The predicted molar refractivity (Wildman–Crippen MR) is 107 cm³/mol. The molecule has 1 aromatic heterocycles. The Kier molecular flexibility index (Phi) is 5.75. The fourth-order valence-electron chi connectivity index (χ4n) is 4.10. The van der Waals surface area contributed by atoms with Crippen LogP contribution in [-0.4, -0.2) is 39.3 Å². The molecule has 138 valence electrons. The van der Waals surface area contributed by atoms with Crippen LogP contribution in [0, 0.1) is 5.92 Å². The van der Waals surface area contributed by atoms with Gasteiger partial charge in [0.25, 0.3) is 0 Å². The second kappa shape index (κ2) is 8.39. The van der Waals surface area contributed by atoms with Crippen LogP contribution in [0.2, 0.25) is 0 Å². The van der Waals surface area contributed by atoms with Gasteiger partial charge in [0, 0.05) is 18.3 Å². The third-order valence-electron chi connectivity index (χ3n) is 5.31. The van der Waals surface area contributed by atoms with E-state index in [2.05, 4.69) is 20.4 Å². The summed E-state index contributed by atoms with van der Waals surface area (Å²) in [7, 11) is 0. The quantitative estimate of drug-likeness (QED) is 0.761. The Balaban J connectivity index is 1.31. The van der Waals surface area contributed by atoms with Crippen molar-refractivity contribution in [1.29, 1.82) is 0 Å². The fourth-order valence-corrected chi connectivity index (χ4v) is 5.76. The Hall–Kier alpha value is -1.60. The molecule has 0 unspecified atom stereocenters. The smallest absolute Gasteiger partial charge is 0.233 e. The monoisotopic (exact) mass is 388 g/mol. The minimum atomic E-state index is 0.263. The number of para-hydroxylation sites is 1. The van der Waals surface area contributed by atoms with Gasteiger partial charge in [-0.25, -0.2) is 0 Å². The maximum atomic E-state index is 12.8. The summed E-state index contributed by atoms with van der Waals surface area (Å²) in [5, 5.41) is 12.4. The summed E-state index contributed by atoms with van der Waals surface area (Å²) in [5.41, 5.74) is 0.993. The molecule has 1 N–H and O–H groups in total. The van der Waals surface area contributed by atoms with Crippen LogP contribution in [0.25, 0.3) is 0 Å². The summed E-state index contributed by atoms with van der Waals surface area (Å²) >= 11 is 3.00. The number of aromatic nitrogens is 2. The van der Waals surface area contributed by atoms with Crippen LogP contribution in [-0.2, 0) is 4.79 Å². The maximum Gasteiger partial charge on any atom is 0.233 e. The molecule has 1 saturated heterocycles. The Bertz CT molecular complexity index is 734. The molecule has 0 bridgehead atoms. The number of fused-ring (bicyclic) bond motifs is 1. The van der Waals surface area contributed by atoms with Gasteiger partial charge >= 0.3 is 0 Å². The number of hydrogen-bond donors (Lipinski definition) is 1. The third-order valence-corrected chi connectivity index (χ3v) is 7.27. The molecule has 0 radical (unpaired) electrons. The van der Waals surface area contributed by atoms with Crippen molar-refractivity contribution in [2.24, 2.45) is 5.92 Å². The van der Waals surface area contributed by atoms with Crippen LogP contribution in [0.3, 0.4) is 0 Å². The molecule has 2 atom stereocenters. The van der Waals surface area contributed by atoms with Crippen molar-refractivity contribution < 1.29 is 4.79 Å². The number of amides is 1. The topological polar surface area (TPSA) is 58.1 Å². The van der Waals surface area contributed by atoms with Gasteiger partial charge < -0.3 is 10.2 Å². The molecular formula is C19H24N4OS2. The highest BCUT2D eigenvalue weighted by molar-refractivity contribution is 8.01. The molecule has 1 aromatic carbocycles. The van der Waals surface area contributed by atoms with E-state index in [-0.39, 0.29) is 5.91 Å². The highest BCUT2D eigenvalue weighted by atomic mass is 32.2. The average molecular weight is 389 g/mol. The Morgan fingerprint density at radius 3 is 2.85 bits per heavy atom. The van der Waals surface area contributed by atoms with Gasteiger partial charge in [0.15, 0.2) is 4.34 Å². The molecule has 4 rings (SSSR count). The third kappa shape index (κ3) is 4.20. The van der Waals surface area contributed by atoms with Crippen molar-refractivity contribution in [2.45, 2.75) is 48.9 Å². The van der Waals surface area contributed by atoms with E-state index >= 15 is 0 Å². The molecule has 5 nitrogen and oxygen atoms in total. The first-order valence-electron chi connectivity index (χ1n) is 9.37. The number of nitrogens with one attached hydrogen (secondary N) is 1.